The van der Waals surface area contributed by atoms with Crippen LogP contribution in [0.5, 0.6) is 0 Å². The summed E-state index contributed by atoms with van der Waals surface area (Å²) < 4.78 is 14.2. The SMILES string of the molecule is OC1CC(Nc2ncc3ccccc3n2)(c2ccccc2F)C1. The van der Waals surface area contributed by atoms with Gasteiger partial charge in [-0.2, -0.15) is 0 Å². The number of aromatic nitrogens is 2. The predicted molar refractivity (Wildman–Crippen MR) is 86.5 cm³/mol. The first-order valence-electron chi connectivity index (χ1n) is 7.59. The van der Waals surface area contributed by atoms with Crippen LogP contribution in [0.3, 0.4) is 0 Å². The summed E-state index contributed by atoms with van der Waals surface area (Å²) >= 11 is 0. The Morgan fingerprint density at radius 3 is 2.61 bits per heavy atom. The van der Waals surface area contributed by atoms with Crippen molar-refractivity contribution >= 4 is 16.9 Å². The van der Waals surface area contributed by atoms with E-state index in [0.29, 0.717) is 24.4 Å². The molecule has 0 atom stereocenters. The Bertz CT molecular complexity index is 862. The van der Waals surface area contributed by atoms with E-state index >= 15 is 0 Å². The second-order valence-corrected chi connectivity index (χ2v) is 6.00. The van der Waals surface area contributed by atoms with E-state index in [9.17, 15) is 9.50 Å². The average Bonchev–Trinajstić information content (AvgIpc) is 2.53. The number of fused-ring (bicyclic) bond motifs is 1. The summed E-state index contributed by atoms with van der Waals surface area (Å²) in [4.78, 5) is 8.82. The molecular weight excluding hydrogens is 293 g/mol. The van der Waals surface area contributed by atoms with Gasteiger partial charge in [0.1, 0.15) is 5.82 Å². The van der Waals surface area contributed by atoms with E-state index < -0.39 is 11.6 Å². The first kappa shape index (κ1) is 14.1. The van der Waals surface area contributed by atoms with Crippen LogP contribution in [-0.4, -0.2) is 21.2 Å². The second-order valence-electron chi connectivity index (χ2n) is 6.00. The molecule has 1 aliphatic carbocycles. The van der Waals surface area contributed by atoms with Gasteiger partial charge in [-0.3, -0.25) is 0 Å². The molecule has 0 amide bonds. The third-order valence-corrected chi connectivity index (χ3v) is 4.40. The minimum Gasteiger partial charge on any atom is -0.393 e. The van der Waals surface area contributed by atoms with Crippen LogP contribution in [0.2, 0.25) is 0 Å². The minimum absolute atomic E-state index is 0.285. The maximum absolute atomic E-state index is 14.2. The Kier molecular flexibility index (Phi) is 3.23. The molecule has 0 bridgehead atoms. The first-order valence-corrected chi connectivity index (χ1v) is 7.59. The fourth-order valence-electron chi connectivity index (χ4n) is 3.23. The smallest absolute Gasteiger partial charge is 0.223 e. The minimum atomic E-state index is -0.660. The normalized spacial score (nSPS) is 23.5. The first-order chi connectivity index (χ1) is 11.2. The van der Waals surface area contributed by atoms with Crippen LogP contribution in [0.4, 0.5) is 10.3 Å². The van der Waals surface area contributed by atoms with Crippen LogP contribution in [0, 0.1) is 5.82 Å². The summed E-state index contributed by atoms with van der Waals surface area (Å²) in [7, 11) is 0. The van der Waals surface area contributed by atoms with Gasteiger partial charge in [0.25, 0.3) is 0 Å². The third kappa shape index (κ3) is 2.43. The van der Waals surface area contributed by atoms with Crippen LogP contribution < -0.4 is 5.32 Å². The van der Waals surface area contributed by atoms with Gasteiger partial charge in [0.05, 0.1) is 17.2 Å². The molecule has 0 unspecified atom stereocenters. The maximum atomic E-state index is 14.2. The maximum Gasteiger partial charge on any atom is 0.223 e. The molecular formula is C18H16FN3O. The zero-order valence-corrected chi connectivity index (χ0v) is 12.4. The molecule has 5 heteroatoms. The van der Waals surface area contributed by atoms with Crippen molar-refractivity contribution in [2.75, 3.05) is 5.32 Å². The highest BCUT2D eigenvalue weighted by molar-refractivity contribution is 5.78. The molecule has 1 saturated carbocycles. The van der Waals surface area contributed by atoms with Gasteiger partial charge in [0.2, 0.25) is 5.95 Å². The van der Waals surface area contributed by atoms with Crippen molar-refractivity contribution in [2.24, 2.45) is 0 Å². The fraction of sp³-hybridized carbons (Fsp3) is 0.222. The Morgan fingerprint density at radius 1 is 1.09 bits per heavy atom. The van der Waals surface area contributed by atoms with Crippen molar-refractivity contribution in [3.05, 3.63) is 66.1 Å². The van der Waals surface area contributed by atoms with Gasteiger partial charge in [-0.05, 0) is 12.1 Å². The van der Waals surface area contributed by atoms with Crippen molar-refractivity contribution < 1.29 is 9.50 Å². The Balaban J connectivity index is 1.72. The van der Waals surface area contributed by atoms with Crippen molar-refractivity contribution in [1.82, 2.24) is 9.97 Å². The predicted octanol–water partition coefficient (Wildman–Crippen LogP) is 3.23. The number of hydrogen-bond donors (Lipinski definition) is 2. The largest absolute Gasteiger partial charge is 0.393 e. The number of nitrogens with one attached hydrogen (secondary N) is 1. The van der Waals surface area contributed by atoms with Gasteiger partial charge in [-0.15, -0.1) is 0 Å². The number of aliphatic hydroxyl groups is 1. The topological polar surface area (TPSA) is 58.0 Å². The Morgan fingerprint density at radius 2 is 1.83 bits per heavy atom. The van der Waals surface area contributed by atoms with E-state index in [0.717, 1.165) is 10.9 Å². The lowest BCUT2D eigenvalue weighted by atomic mass is 9.69. The van der Waals surface area contributed by atoms with Crippen LogP contribution in [0.25, 0.3) is 10.9 Å². The Hall–Kier alpha value is -2.53. The summed E-state index contributed by atoms with van der Waals surface area (Å²) in [6.07, 6.45) is 2.17. The standard InChI is InChI=1S/C18H16FN3O/c19-15-7-3-2-6-14(15)18(9-13(23)10-18)22-17-20-11-12-5-1-4-8-16(12)21-17/h1-8,11,13,23H,9-10H2,(H,20,21,22). The molecule has 116 valence electrons. The number of benzene rings is 2. The average molecular weight is 309 g/mol. The zero-order valence-electron chi connectivity index (χ0n) is 12.4. The van der Waals surface area contributed by atoms with E-state index in [1.807, 2.05) is 24.3 Å². The molecule has 0 radical (unpaired) electrons. The number of hydrogen-bond acceptors (Lipinski definition) is 4. The number of nitrogens with zero attached hydrogens (tertiary/aromatic N) is 2. The van der Waals surface area contributed by atoms with E-state index in [2.05, 4.69) is 15.3 Å². The van der Waals surface area contributed by atoms with E-state index in [1.54, 1.807) is 24.4 Å². The van der Waals surface area contributed by atoms with Gasteiger partial charge < -0.3 is 10.4 Å². The van der Waals surface area contributed by atoms with Gasteiger partial charge in [0.15, 0.2) is 0 Å². The molecule has 3 aromatic rings. The van der Waals surface area contributed by atoms with E-state index in [1.165, 1.54) is 6.07 Å². The molecule has 23 heavy (non-hydrogen) atoms. The molecule has 1 aliphatic rings. The van der Waals surface area contributed by atoms with Crippen LogP contribution in [0.15, 0.2) is 54.7 Å². The van der Waals surface area contributed by atoms with Crippen molar-refractivity contribution in [1.29, 1.82) is 0 Å². The molecule has 4 nitrogen and oxygen atoms in total. The van der Waals surface area contributed by atoms with Crippen molar-refractivity contribution in [3.8, 4) is 0 Å². The van der Waals surface area contributed by atoms with Crippen LogP contribution >= 0.6 is 0 Å². The van der Waals surface area contributed by atoms with Gasteiger partial charge >= 0.3 is 0 Å². The number of halogens is 1. The monoisotopic (exact) mass is 309 g/mol. The molecule has 4 rings (SSSR count). The lowest BCUT2D eigenvalue weighted by Gasteiger charge is -2.46. The van der Waals surface area contributed by atoms with Gasteiger partial charge in [0, 0.05) is 30.0 Å². The number of para-hydroxylation sites is 1. The summed E-state index contributed by atoms with van der Waals surface area (Å²) in [5, 5.41) is 14.0. The van der Waals surface area contributed by atoms with Crippen molar-refractivity contribution in [2.45, 2.75) is 24.5 Å². The highest BCUT2D eigenvalue weighted by Gasteiger charge is 2.47. The summed E-state index contributed by atoms with van der Waals surface area (Å²) in [6.45, 7) is 0. The van der Waals surface area contributed by atoms with Crippen LogP contribution in [0.1, 0.15) is 18.4 Å². The molecule has 1 aromatic heterocycles. The van der Waals surface area contributed by atoms with Gasteiger partial charge in [-0.1, -0.05) is 36.4 Å². The lowest BCUT2D eigenvalue weighted by Crippen LogP contribution is -2.51. The highest BCUT2D eigenvalue weighted by Crippen LogP contribution is 2.44. The number of anilines is 1. The molecule has 0 aliphatic heterocycles. The van der Waals surface area contributed by atoms with Gasteiger partial charge in [-0.25, -0.2) is 14.4 Å². The molecule has 2 aromatic carbocycles. The fourth-order valence-corrected chi connectivity index (χ4v) is 3.23. The van der Waals surface area contributed by atoms with E-state index in [-0.39, 0.29) is 5.82 Å². The zero-order chi connectivity index (χ0) is 15.9. The summed E-state index contributed by atoms with van der Waals surface area (Å²) in [5.74, 6) is 0.159. The highest BCUT2D eigenvalue weighted by atomic mass is 19.1. The summed E-state index contributed by atoms with van der Waals surface area (Å²) in [5.41, 5.74) is 0.711. The number of aliphatic hydroxyl groups excluding tert-OH is 1. The van der Waals surface area contributed by atoms with Crippen molar-refractivity contribution in [3.63, 3.8) is 0 Å². The molecule has 1 fully saturated rings. The molecule has 1 heterocycles. The summed E-state index contributed by atoms with van der Waals surface area (Å²) in [6, 6.07) is 14.3. The molecule has 2 N–H and O–H groups in total. The number of rotatable bonds is 3. The quantitative estimate of drug-likeness (QED) is 0.780. The third-order valence-electron chi connectivity index (χ3n) is 4.40. The van der Waals surface area contributed by atoms with Crippen LogP contribution in [-0.2, 0) is 5.54 Å². The lowest BCUT2D eigenvalue weighted by molar-refractivity contribution is 0.0299. The molecule has 0 spiro atoms. The molecule has 0 saturated heterocycles. The Labute approximate surface area is 133 Å². The van der Waals surface area contributed by atoms with E-state index in [4.69, 9.17) is 0 Å². The second kappa shape index (κ2) is 5.28.